The van der Waals surface area contributed by atoms with E-state index in [2.05, 4.69) is 4.74 Å². The summed E-state index contributed by atoms with van der Waals surface area (Å²) in [5.74, 6) is 0.340. The molecule has 5 heteroatoms. The molecule has 2 aromatic rings. The summed E-state index contributed by atoms with van der Waals surface area (Å²) in [6.07, 6.45) is 3.69. The maximum atomic E-state index is 11.2. The molecule has 1 atom stereocenters. The third-order valence-corrected chi connectivity index (χ3v) is 2.87. The molecule has 0 aliphatic heterocycles. The lowest BCUT2D eigenvalue weighted by Crippen LogP contribution is -2.33. The van der Waals surface area contributed by atoms with Crippen LogP contribution in [-0.2, 0) is 22.6 Å². The fourth-order valence-corrected chi connectivity index (χ4v) is 1.75. The quantitative estimate of drug-likeness (QED) is 0.815. The molecule has 1 unspecified atom stereocenters. The molecule has 1 heterocycles. The zero-order valence-corrected chi connectivity index (χ0v) is 11.2. The van der Waals surface area contributed by atoms with Crippen LogP contribution in [0.15, 0.2) is 47.3 Å². The zero-order valence-electron chi connectivity index (χ0n) is 11.2. The topological polar surface area (TPSA) is 74.7 Å². The molecule has 0 radical (unpaired) electrons. The number of nitrogens with two attached hydrogens (primary N) is 1. The highest BCUT2D eigenvalue weighted by atomic mass is 16.5. The normalized spacial score (nSPS) is 11.9. The van der Waals surface area contributed by atoms with Gasteiger partial charge in [0.1, 0.15) is 18.4 Å². The maximum Gasteiger partial charge on any atom is 0.322 e. The van der Waals surface area contributed by atoms with Crippen molar-refractivity contribution in [3.63, 3.8) is 0 Å². The Morgan fingerprint density at radius 2 is 2.00 bits per heavy atom. The van der Waals surface area contributed by atoms with Crippen LogP contribution in [0.1, 0.15) is 11.1 Å². The lowest BCUT2D eigenvalue weighted by Gasteiger charge is -2.10. The number of hydrogen-bond donors (Lipinski definition) is 1. The van der Waals surface area contributed by atoms with Crippen LogP contribution in [0.2, 0.25) is 0 Å². The Hall–Kier alpha value is -2.27. The SMILES string of the molecule is COC(=O)C(N)Cc1ccc(OCc2ccoc2)cc1. The lowest BCUT2D eigenvalue weighted by molar-refractivity contribution is -0.142. The van der Waals surface area contributed by atoms with Crippen molar-refractivity contribution in [1.29, 1.82) is 0 Å². The van der Waals surface area contributed by atoms with Gasteiger partial charge in [0.2, 0.25) is 0 Å². The summed E-state index contributed by atoms with van der Waals surface area (Å²) in [7, 11) is 1.33. The third kappa shape index (κ3) is 3.86. The van der Waals surface area contributed by atoms with E-state index >= 15 is 0 Å². The summed E-state index contributed by atoms with van der Waals surface area (Å²) in [5.41, 5.74) is 7.64. The Kier molecular flexibility index (Phi) is 4.79. The molecule has 20 heavy (non-hydrogen) atoms. The van der Waals surface area contributed by atoms with Crippen LogP contribution in [0.4, 0.5) is 0 Å². The van der Waals surface area contributed by atoms with E-state index in [4.69, 9.17) is 14.9 Å². The number of hydrogen-bond acceptors (Lipinski definition) is 5. The van der Waals surface area contributed by atoms with E-state index in [-0.39, 0.29) is 0 Å². The molecule has 0 fully saturated rings. The lowest BCUT2D eigenvalue weighted by atomic mass is 10.1. The van der Waals surface area contributed by atoms with E-state index in [1.165, 1.54) is 7.11 Å². The smallest absolute Gasteiger partial charge is 0.322 e. The molecular formula is C15H17NO4. The predicted octanol–water partition coefficient (Wildman–Crippen LogP) is 1.90. The summed E-state index contributed by atoms with van der Waals surface area (Å²) >= 11 is 0. The van der Waals surface area contributed by atoms with Crippen LogP contribution in [-0.4, -0.2) is 19.1 Å². The largest absolute Gasteiger partial charge is 0.489 e. The van der Waals surface area contributed by atoms with Gasteiger partial charge in [-0.3, -0.25) is 4.79 Å². The molecule has 0 spiro atoms. The molecule has 1 aromatic carbocycles. The summed E-state index contributed by atoms with van der Waals surface area (Å²) in [6, 6.07) is 8.67. The van der Waals surface area contributed by atoms with Crippen molar-refractivity contribution in [2.24, 2.45) is 5.73 Å². The number of ether oxygens (including phenoxy) is 2. The average molecular weight is 275 g/mol. The Bertz CT molecular complexity index is 534. The van der Waals surface area contributed by atoms with E-state index in [0.29, 0.717) is 13.0 Å². The Morgan fingerprint density at radius 3 is 2.60 bits per heavy atom. The molecule has 5 nitrogen and oxygen atoms in total. The second-order valence-electron chi connectivity index (χ2n) is 4.40. The fraction of sp³-hybridized carbons (Fsp3) is 0.267. The van der Waals surface area contributed by atoms with Gasteiger partial charge in [-0.15, -0.1) is 0 Å². The minimum absolute atomic E-state index is 0.412. The van der Waals surface area contributed by atoms with Gasteiger partial charge in [-0.25, -0.2) is 0 Å². The first-order valence-corrected chi connectivity index (χ1v) is 6.25. The van der Waals surface area contributed by atoms with Gasteiger partial charge in [-0.2, -0.15) is 0 Å². The summed E-state index contributed by atoms with van der Waals surface area (Å²) in [6.45, 7) is 0.456. The molecule has 0 aliphatic rings. The zero-order chi connectivity index (χ0) is 14.4. The number of benzene rings is 1. The Labute approximate surface area is 117 Å². The van der Waals surface area contributed by atoms with Gasteiger partial charge in [0, 0.05) is 5.56 Å². The van der Waals surface area contributed by atoms with E-state index in [1.54, 1.807) is 12.5 Å². The van der Waals surface area contributed by atoms with Gasteiger partial charge >= 0.3 is 5.97 Å². The average Bonchev–Trinajstić information content (AvgIpc) is 2.99. The van der Waals surface area contributed by atoms with Crippen LogP contribution < -0.4 is 10.5 Å². The van der Waals surface area contributed by atoms with Crippen molar-refractivity contribution < 1.29 is 18.7 Å². The first-order chi connectivity index (χ1) is 9.69. The second-order valence-corrected chi connectivity index (χ2v) is 4.40. The molecule has 2 N–H and O–H groups in total. The van der Waals surface area contributed by atoms with Crippen molar-refractivity contribution >= 4 is 5.97 Å². The monoisotopic (exact) mass is 275 g/mol. The van der Waals surface area contributed by atoms with Crippen LogP contribution in [0, 0.1) is 0 Å². The second kappa shape index (κ2) is 6.77. The van der Waals surface area contributed by atoms with Gasteiger partial charge in [-0.05, 0) is 30.2 Å². The number of esters is 1. The molecule has 2 rings (SSSR count). The molecule has 1 aromatic heterocycles. The minimum atomic E-state index is -0.641. The van der Waals surface area contributed by atoms with Crippen LogP contribution in [0.5, 0.6) is 5.75 Å². The van der Waals surface area contributed by atoms with Crippen molar-refractivity contribution in [3.8, 4) is 5.75 Å². The molecule has 0 amide bonds. The number of furan rings is 1. The van der Waals surface area contributed by atoms with Crippen molar-refractivity contribution in [1.82, 2.24) is 0 Å². The molecule has 106 valence electrons. The molecule has 0 saturated heterocycles. The fourth-order valence-electron chi connectivity index (χ4n) is 1.75. The van der Waals surface area contributed by atoms with Gasteiger partial charge in [0.15, 0.2) is 0 Å². The first-order valence-electron chi connectivity index (χ1n) is 6.25. The summed E-state index contributed by atoms with van der Waals surface area (Å²) < 4.78 is 15.1. The Morgan fingerprint density at radius 1 is 1.25 bits per heavy atom. The molecular weight excluding hydrogens is 258 g/mol. The van der Waals surface area contributed by atoms with E-state index in [0.717, 1.165) is 16.9 Å². The number of methoxy groups -OCH3 is 1. The highest BCUT2D eigenvalue weighted by Gasteiger charge is 2.13. The summed E-state index contributed by atoms with van der Waals surface area (Å²) in [4.78, 5) is 11.2. The van der Waals surface area contributed by atoms with Crippen LogP contribution >= 0.6 is 0 Å². The third-order valence-electron chi connectivity index (χ3n) is 2.87. The minimum Gasteiger partial charge on any atom is -0.489 e. The van der Waals surface area contributed by atoms with Crippen LogP contribution in [0.25, 0.3) is 0 Å². The number of carbonyl (C=O) groups is 1. The van der Waals surface area contributed by atoms with Crippen molar-refractivity contribution in [2.45, 2.75) is 19.1 Å². The van der Waals surface area contributed by atoms with Crippen molar-refractivity contribution in [3.05, 3.63) is 54.0 Å². The van der Waals surface area contributed by atoms with Gasteiger partial charge in [-0.1, -0.05) is 12.1 Å². The highest BCUT2D eigenvalue weighted by molar-refractivity contribution is 5.75. The standard InChI is InChI=1S/C15H17NO4/c1-18-15(17)14(16)8-11-2-4-13(5-3-11)20-10-12-6-7-19-9-12/h2-7,9,14H,8,10,16H2,1H3. The molecule has 0 bridgehead atoms. The number of rotatable bonds is 6. The van der Waals surface area contributed by atoms with E-state index in [1.807, 2.05) is 30.3 Å². The van der Waals surface area contributed by atoms with E-state index in [9.17, 15) is 4.79 Å². The number of carbonyl (C=O) groups excluding carboxylic acids is 1. The molecule has 0 saturated carbocycles. The van der Waals surface area contributed by atoms with Gasteiger partial charge < -0.3 is 19.6 Å². The molecule has 0 aliphatic carbocycles. The van der Waals surface area contributed by atoms with Gasteiger partial charge in [0.05, 0.1) is 19.6 Å². The first kappa shape index (κ1) is 14.1. The van der Waals surface area contributed by atoms with Crippen LogP contribution in [0.3, 0.4) is 0 Å². The Balaban J connectivity index is 1.87. The maximum absolute atomic E-state index is 11.2. The van der Waals surface area contributed by atoms with Gasteiger partial charge in [0.25, 0.3) is 0 Å². The predicted molar refractivity (Wildman–Crippen MR) is 73.2 cm³/mol. The van der Waals surface area contributed by atoms with Crippen molar-refractivity contribution in [2.75, 3.05) is 7.11 Å². The highest BCUT2D eigenvalue weighted by Crippen LogP contribution is 2.15. The summed E-state index contributed by atoms with van der Waals surface area (Å²) in [5, 5.41) is 0. The van der Waals surface area contributed by atoms with E-state index < -0.39 is 12.0 Å².